The van der Waals surface area contributed by atoms with E-state index in [1.807, 2.05) is 30.3 Å². The smallest absolute Gasteiger partial charge is 0.279 e. The fourth-order valence-corrected chi connectivity index (χ4v) is 2.47. The molecule has 0 amide bonds. The highest BCUT2D eigenvalue weighted by molar-refractivity contribution is 7.87. The molecule has 7 heteroatoms. The summed E-state index contributed by atoms with van der Waals surface area (Å²) < 4.78 is 27.8. The third-order valence-electron chi connectivity index (χ3n) is 2.66. The summed E-state index contributed by atoms with van der Waals surface area (Å²) in [6.07, 6.45) is 1.58. The van der Waals surface area contributed by atoms with Gasteiger partial charge >= 0.3 is 0 Å². The standard InChI is InChI=1S/C12H16N4O2S/c1-16(10-11-5-3-2-4-6-11)19(17,18)14-9-12-7-8-13-15-12/h2-8,14H,9-10H2,1H3,(H,13,15). The molecule has 0 aliphatic heterocycles. The van der Waals surface area contributed by atoms with E-state index in [0.717, 1.165) is 11.3 Å². The van der Waals surface area contributed by atoms with E-state index < -0.39 is 10.2 Å². The van der Waals surface area contributed by atoms with Crippen LogP contribution in [0.3, 0.4) is 0 Å². The lowest BCUT2D eigenvalue weighted by molar-refractivity contribution is 0.454. The first-order valence-electron chi connectivity index (χ1n) is 5.81. The van der Waals surface area contributed by atoms with E-state index in [9.17, 15) is 8.42 Å². The number of nitrogens with zero attached hydrogens (tertiary/aromatic N) is 2. The van der Waals surface area contributed by atoms with E-state index in [1.165, 1.54) is 4.31 Å². The molecule has 0 aliphatic rings. The highest BCUT2D eigenvalue weighted by atomic mass is 32.2. The molecule has 102 valence electrons. The lowest BCUT2D eigenvalue weighted by Gasteiger charge is -2.17. The van der Waals surface area contributed by atoms with Crippen LogP contribution in [0.5, 0.6) is 0 Å². The molecule has 0 atom stereocenters. The van der Waals surface area contributed by atoms with Crippen LogP contribution in [0.25, 0.3) is 0 Å². The monoisotopic (exact) mass is 280 g/mol. The predicted molar refractivity (Wildman–Crippen MR) is 72.3 cm³/mol. The normalized spacial score (nSPS) is 11.9. The summed E-state index contributed by atoms with van der Waals surface area (Å²) in [7, 11) is -1.96. The molecule has 0 saturated carbocycles. The van der Waals surface area contributed by atoms with E-state index >= 15 is 0 Å². The number of aromatic amines is 1. The Morgan fingerprint density at radius 1 is 1.26 bits per heavy atom. The van der Waals surface area contributed by atoms with Crippen molar-refractivity contribution < 1.29 is 8.42 Å². The number of rotatable bonds is 6. The van der Waals surface area contributed by atoms with Crippen LogP contribution in [-0.2, 0) is 23.3 Å². The van der Waals surface area contributed by atoms with Gasteiger partial charge in [-0.3, -0.25) is 5.10 Å². The van der Waals surface area contributed by atoms with Crippen LogP contribution < -0.4 is 4.72 Å². The van der Waals surface area contributed by atoms with Gasteiger partial charge < -0.3 is 0 Å². The average Bonchev–Trinajstić information content (AvgIpc) is 2.91. The van der Waals surface area contributed by atoms with Gasteiger partial charge in [-0.15, -0.1) is 0 Å². The van der Waals surface area contributed by atoms with Gasteiger partial charge in [-0.1, -0.05) is 30.3 Å². The molecule has 1 aromatic carbocycles. The fourth-order valence-electron chi connectivity index (χ4n) is 1.59. The Morgan fingerprint density at radius 2 is 2.00 bits per heavy atom. The molecule has 2 N–H and O–H groups in total. The fraction of sp³-hybridized carbons (Fsp3) is 0.250. The molecule has 1 aromatic heterocycles. The number of H-pyrrole nitrogens is 1. The third-order valence-corrected chi connectivity index (χ3v) is 4.12. The lowest BCUT2D eigenvalue weighted by atomic mass is 10.2. The first-order valence-corrected chi connectivity index (χ1v) is 7.25. The Kier molecular flexibility index (Phi) is 4.31. The highest BCUT2D eigenvalue weighted by Gasteiger charge is 2.17. The Hall–Kier alpha value is -1.70. The maximum atomic E-state index is 12.0. The van der Waals surface area contributed by atoms with E-state index in [4.69, 9.17) is 0 Å². The summed E-state index contributed by atoms with van der Waals surface area (Å²) >= 11 is 0. The van der Waals surface area contributed by atoms with Gasteiger partial charge in [0.15, 0.2) is 0 Å². The summed E-state index contributed by atoms with van der Waals surface area (Å²) in [6.45, 7) is 0.528. The van der Waals surface area contributed by atoms with Crippen molar-refractivity contribution in [3.63, 3.8) is 0 Å². The number of hydrogen-bond donors (Lipinski definition) is 2. The van der Waals surface area contributed by atoms with Crippen LogP contribution in [-0.4, -0.2) is 30.0 Å². The molecule has 0 aliphatic carbocycles. The van der Waals surface area contributed by atoms with E-state index in [-0.39, 0.29) is 6.54 Å². The second-order valence-electron chi connectivity index (χ2n) is 4.15. The van der Waals surface area contributed by atoms with Gasteiger partial charge in [0, 0.05) is 19.8 Å². The van der Waals surface area contributed by atoms with Gasteiger partial charge in [0.1, 0.15) is 0 Å². The Labute approximate surface area is 112 Å². The molecule has 2 rings (SSSR count). The van der Waals surface area contributed by atoms with Crippen molar-refractivity contribution in [2.45, 2.75) is 13.1 Å². The molecule has 0 bridgehead atoms. The molecule has 1 heterocycles. The van der Waals surface area contributed by atoms with Crippen molar-refractivity contribution in [3.8, 4) is 0 Å². The third kappa shape index (κ3) is 3.88. The Balaban J connectivity index is 1.95. The minimum atomic E-state index is -3.50. The predicted octanol–water partition coefficient (Wildman–Crippen LogP) is 0.876. The molecule has 2 aromatic rings. The quantitative estimate of drug-likeness (QED) is 0.824. The van der Waals surface area contributed by atoms with Crippen LogP contribution in [0.1, 0.15) is 11.3 Å². The van der Waals surface area contributed by atoms with Crippen LogP contribution in [0.2, 0.25) is 0 Å². The van der Waals surface area contributed by atoms with Crippen molar-refractivity contribution in [1.29, 1.82) is 0 Å². The minimum absolute atomic E-state index is 0.196. The Morgan fingerprint density at radius 3 is 2.63 bits per heavy atom. The van der Waals surface area contributed by atoms with Crippen molar-refractivity contribution in [2.24, 2.45) is 0 Å². The van der Waals surface area contributed by atoms with E-state index in [1.54, 1.807) is 19.3 Å². The van der Waals surface area contributed by atoms with Crippen LogP contribution >= 0.6 is 0 Å². The zero-order valence-corrected chi connectivity index (χ0v) is 11.4. The maximum absolute atomic E-state index is 12.0. The topological polar surface area (TPSA) is 78.1 Å². The molecular formula is C12H16N4O2S. The summed E-state index contributed by atoms with van der Waals surface area (Å²) in [6, 6.07) is 11.2. The second kappa shape index (κ2) is 5.96. The van der Waals surface area contributed by atoms with Gasteiger partial charge in [-0.05, 0) is 11.6 Å². The second-order valence-corrected chi connectivity index (χ2v) is 6.01. The molecule has 0 unspecified atom stereocenters. The summed E-state index contributed by atoms with van der Waals surface area (Å²) in [5.74, 6) is 0. The molecule has 19 heavy (non-hydrogen) atoms. The molecule has 0 spiro atoms. The van der Waals surface area contributed by atoms with Crippen molar-refractivity contribution in [2.75, 3.05) is 7.05 Å². The van der Waals surface area contributed by atoms with Crippen molar-refractivity contribution in [3.05, 3.63) is 53.9 Å². The van der Waals surface area contributed by atoms with E-state index in [2.05, 4.69) is 14.9 Å². The largest absolute Gasteiger partial charge is 0.281 e. The average molecular weight is 280 g/mol. The van der Waals surface area contributed by atoms with Gasteiger partial charge in [-0.25, -0.2) is 0 Å². The van der Waals surface area contributed by atoms with Crippen LogP contribution in [0.4, 0.5) is 0 Å². The number of hydrogen-bond acceptors (Lipinski definition) is 3. The highest BCUT2D eigenvalue weighted by Crippen LogP contribution is 2.06. The van der Waals surface area contributed by atoms with Gasteiger partial charge in [0.2, 0.25) is 0 Å². The molecule has 0 saturated heterocycles. The summed E-state index contributed by atoms with van der Waals surface area (Å²) in [5, 5.41) is 6.46. The van der Waals surface area contributed by atoms with E-state index in [0.29, 0.717) is 6.54 Å². The van der Waals surface area contributed by atoms with Crippen molar-refractivity contribution in [1.82, 2.24) is 19.2 Å². The number of aromatic nitrogens is 2. The summed E-state index contributed by atoms with van der Waals surface area (Å²) in [4.78, 5) is 0. The first-order chi connectivity index (χ1) is 9.08. The Bertz CT molecular complexity index is 596. The maximum Gasteiger partial charge on any atom is 0.279 e. The minimum Gasteiger partial charge on any atom is -0.281 e. The zero-order chi connectivity index (χ0) is 13.7. The van der Waals surface area contributed by atoms with Crippen LogP contribution in [0.15, 0.2) is 42.6 Å². The van der Waals surface area contributed by atoms with Gasteiger partial charge in [-0.2, -0.15) is 22.5 Å². The van der Waals surface area contributed by atoms with Crippen molar-refractivity contribution >= 4 is 10.2 Å². The molecule has 0 radical (unpaired) electrons. The van der Waals surface area contributed by atoms with Crippen LogP contribution in [0, 0.1) is 0 Å². The summed E-state index contributed by atoms with van der Waals surface area (Å²) in [5.41, 5.74) is 1.66. The van der Waals surface area contributed by atoms with Gasteiger partial charge in [0.05, 0.1) is 12.2 Å². The SMILES string of the molecule is CN(Cc1ccccc1)S(=O)(=O)NCc1ccn[nH]1. The molecular weight excluding hydrogens is 264 g/mol. The number of nitrogens with one attached hydrogen (secondary N) is 2. The number of benzene rings is 1. The lowest BCUT2D eigenvalue weighted by Crippen LogP contribution is -2.37. The van der Waals surface area contributed by atoms with Gasteiger partial charge in [0.25, 0.3) is 10.2 Å². The molecule has 0 fully saturated rings. The first kappa shape index (κ1) is 13.7. The zero-order valence-electron chi connectivity index (χ0n) is 10.6. The molecule has 6 nitrogen and oxygen atoms in total.